The van der Waals surface area contributed by atoms with Crippen molar-refractivity contribution in [3.63, 3.8) is 0 Å². The lowest BCUT2D eigenvalue weighted by atomic mass is 9.87. The molecule has 0 atom stereocenters. The molecule has 1 aromatic carbocycles. The van der Waals surface area contributed by atoms with Gasteiger partial charge in [-0.3, -0.25) is 0 Å². The number of unbranched alkanes of at least 4 members (excludes halogenated alkanes) is 4. The van der Waals surface area contributed by atoms with Crippen molar-refractivity contribution >= 4 is 0 Å². The van der Waals surface area contributed by atoms with E-state index in [0.29, 0.717) is 12.0 Å². The third kappa shape index (κ3) is 9.07. The summed E-state index contributed by atoms with van der Waals surface area (Å²) in [5.74, 6) is 0.629. The SMILES string of the molecule is CCCCCCCc1ccc(COC2CCC(/C=C/C=C/C#N)CC2)cc1. The van der Waals surface area contributed by atoms with E-state index in [0.717, 1.165) is 19.4 Å². The molecule has 0 aliphatic heterocycles. The van der Waals surface area contributed by atoms with Crippen molar-refractivity contribution in [1.29, 1.82) is 5.26 Å². The van der Waals surface area contributed by atoms with E-state index < -0.39 is 0 Å². The molecular formula is C25H35NO. The predicted molar refractivity (Wildman–Crippen MR) is 113 cm³/mol. The number of ether oxygens (including phenoxy) is 1. The van der Waals surface area contributed by atoms with Crippen LogP contribution in [0.1, 0.15) is 75.8 Å². The summed E-state index contributed by atoms with van der Waals surface area (Å²) in [4.78, 5) is 0. The Balaban J connectivity index is 1.62. The second kappa shape index (κ2) is 13.3. The summed E-state index contributed by atoms with van der Waals surface area (Å²) in [7, 11) is 0. The van der Waals surface area contributed by atoms with E-state index in [1.165, 1.54) is 68.6 Å². The Morgan fingerprint density at radius 2 is 1.67 bits per heavy atom. The fraction of sp³-hybridized carbons (Fsp3) is 0.560. The van der Waals surface area contributed by atoms with Gasteiger partial charge in [-0.15, -0.1) is 0 Å². The molecular weight excluding hydrogens is 330 g/mol. The van der Waals surface area contributed by atoms with Crippen molar-refractivity contribution in [2.24, 2.45) is 5.92 Å². The molecule has 0 radical (unpaired) electrons. The third-order valence-electron chi connectivity index (χ3n) is 5.46. The Bertz CT molecular complexity index is 600. The Hall–Kier alpha value is -1.85. The van der Waals surface area contributed by atoms with Crippen LogP contribution in [0, 0.1) is 17.2 Å². The lowest BCUT2D eigenvalue weighted by Gasteiger charge is -2.26. The third-order valence-corrected chi connectivity index (χ3v) is 5.46. The van der Waals surface area contributed by atoms with Gasteiger partial charge >= 0.3 is 0 Å². The molecule has 0 aromatic heterocycles. The smallest absolute Gasteiger partial charge is 0.0912 e. The van der Waals surface area contributed by atoms with Crippen LogP contribution in [0.3, 0.4) is 0 Å². The summed E-state index contributed by atoms with van der Waals surface area (Å²) in [5.41, 5.74) is 2.74. The zero-order chi connectivity index (χ0) is 19.2. The number of aryl methyl sites for hydroxylation is 1. The summed E-state index contributed by atoms with van der Waals surface area (Å²) in [5, 5.41) is 8.49. The maximum Gasteiger partial charge on any atom is 0.0912 e. The Morgan fingerprint density at radius 3 is 2.37 bits per heavy atom. The van der Waals surface area contributed by atoms with Gasteiger partial charge in [-0.05, 0) is 55.6 Å². The predicted octanol–water partition coefficient (Wildman–Crippen LogP) is 6.91. The number of rotatable bonds is 11. The number of benzene rings is 1. The van der Waals surface area contributed by atoms with Gasteiger partial charge in [0.25, 0.3) is 0 Å². The average molecular weight is 366 g/mol. The monoisotopic (exact) mass is 365 g/mol. The molecule has 146 valence electrons. The van der Waals surface area contributed by atoms with Crippen LogP contribution in [0.15, 0.2) is 48.6 Å². The van der Waals surface area contributed by atoms with Crippen LogP contribution < -0.4 is 0 Å². The van der Waals surface area contributed by atoms with Crippen molar-refractivity contribution in [2.75, 3.05) is 0 Å². The van der Waals surface area contributed by atoms with Crippen molar-refractivity contribution in [2.45, 2.75) is 83.8 Å². The van der Waals surface area contributed by atoms with Gasteiger partial charge in [0.05, 0.1) is 18.8 Å². The number of hydrogen-bond donors (Lipinski definition) is 0. The van der Waals surface area contributed by atoms with Crippen LogP contribution in [0.4, 0.5) is 0 Å². The zero-order valence-corrected chi connectivity index (χ0v) is 16.9. The number of allylic oxidation sites excluding steroid dienone is 4. The maximum absolute atomic E-state index is 8.49. The fourth-order valence-corrected chi connectivity index (χ4v) is 3.72. The van der Waals surface area contributed by atoms with Gasteiger partial charge in [0.1, 0.15) is 0 Å². The molecule has 0 bridgehead atoms. The van der Waals surface area contributed by atoms with Gasteiger partial charge in [-0.2, -0.15) is 5.26 Å². The Labute approximate surface area is 165 Å². The molecule has 0 spiro atoms. The van der Waals surface area contributed by atoms with E-state index in [9.17, 15) is 0 Å². The van der Waals surface area contributed by atoms with Gasteiger partial charge in [0, 0.05) is 6.08 Å². The number of nitrogens with zero attached hydrogens (tertiary/aromatic N) is 1. The van der Waals surface area contributed by atoms with Gasteiger partial charge in [-0.1, -0.05) is 75.1 Å². The summed E-state index contributed by atoms with van der Waals surface area (Å²) in [6, 6.07) is 11.0. The Kier molecular flexibility index (Phi) is 10.6. The van der Waals surface area contributed by atoms with Gasteiger partial charge in [0.15, 0.2) is 0 Å². The van der Waals surface area contributed by atoms with Crippen LogP contribution >= 0.6 is 0 Å². The van der Waals surface area contributed by atoms with Crippen molar-refractivity contribution in [1.82, 2.24) is 0 Å². The van der Waals surface area contributed by atoms with E-state index in [2.05, 4.69) is 37.3 Å². The normalized spacial score (nSPS) is 20.3. The van der Waals surface area contributed by atoms with Gasteiger partial charge in [0.2, 0.25) is 0 Å². The maximum atomic E-state index is 8.49. The molecule has 0 saturated heterocycles. The molecule has 2 heteroatoms. The first-order valence-corrected chi connectivity index (χ1v) is 10.7. The van der Waals surface area contributed by atoms with E-state index in [-0.39, 0.29) is 0 Å². The summed E-state index contributed by atoms with van der Waals surface area (Å²) < 4.78 is 6.14. The highest BCUT2D eigenvalue weighted by Gasteiger charge is 2.19. The summed E-state index contributed by atoms with van der Waals surface area (Å²) >= 11 is 0. The molecule has 1 aliphatic rings. The molecule has 1 fully saturated rings. The minimum absolute atomic E-state index is 0.391. The van der Waals surface area contributed by atoms with E-state index in [4.69, 9.17) is 10.00 Å². The van der Waals surface area contributed by atoms with E-state index in [1.54, 1.807) is 0 Å². The highest BCUT2D eigenvalue weighted by atomic mass is 16.5. The lowest BCUT2D eigenvalue weighted by molar-refractivity contribution is 0.0110. The highest BCUT2D eigenvalue weighted by molar-refractivity contribution is 5.22. The zero-order valence-electron chi connectivity index (χ0n) is 16.9. The topological polar surface area (TPSA) is 33.0 Å². The highest BCUT2D eigenvalue weighted by Crippen LogP contribution is 2.27. The molecule has 0 amide bonds. The van der Waals surface area contributed by atoms with Crippen LogP contribution in [0.5, 0.6) is 0 Å². The van der Waals surface area contributed by atoms with Crippen LogP contribution in [0.2, 0.25) is 0 Å². The van der Waals surface area contributed by atoms with Crippen LogP contribution in [-0.4, -0.2) is 6.10 Å². The number of nitriles is 1. The summed E-state index contributed by atoms with van der Waals surface area (Å²) in [6.45, 7) is 2.99. The number of hydrogen-bond acceptors (Lipinski definition) is 2. The quantitative estimate of drug-likeness (QED) is 0.242. The standard InChI is InChI=1S/C25H35NO/c1-2-3-4-5-7-10-22-12-14-24(15-13-22)21-27-25-18-16-23(17-19-25)11-8-6-9-20-26/h6,8-9,11-15,23,25H,2-5,7,10,16-19,21H2,1H3/b9-6+,11-8+. The molecule has 27 heavy (non-hydrogen) atoms. The first-order chi connectivity index (χ1) is 13.3. The van der Waals surface area contributed by atoms with Crippen molar-refractivity contribution in [3.8, 4) is 6.07 Å². The Morgan fingerprint density at radius 1 is 0.963 bits per heavy atom. The van der Waals surface area contributed by atoms with Crippen LogP contribution in [-0.2, 0) is 17.8 Å². The summed E-state index contributed by atoms with van der Waals surface area (Å²) in [6.07, 6.45) is 20.5. The van der Waals surface area contributed by atoms with Gasteiger partial charge in [-0.25, -0.2) is 0 Å². The molecule has 2 rings (SSSR count). The second-order valence-electron chi connectivity index (χ2n) is 7.70. The lowest BCUT2D eigenvalue weighted by Crippen LogP contribution is -2.20. The first kappa shape index (κ1) is 21.5. The van der Waals surface area contributed by atoms with Crippen molar-refractivity contribution in [3.05, 3.63) is 59.7 Å². The molecule has 1 saturated carbocycles. The van der Waals surface area contributed by atoms with E-state index >= 15 is 0 Å². The first-order valence-electron chi connectivity index (χ1n) is 10.7. The molecule has 0 N–H and O–H groups in total. The molecule has 1 aromatic rings. The second-order valence-corrected chi connectivity index (χ2v) is 7.70. The molecule has 2 nitrogen and oxygen atoms in total. The average Bonchev–Trinajstić information content (AvgIpc) is 2.71. The van der Waals surface area contributed by atoms with Crippen molar-refractivity contribution < 1.29 is 4.74 Å². The van der Waals surface area contributed by atoms with Gasteiger partial charge < -0.3 is 4.74 Å². The minimum Gasteiger partial charge on any atom is -0.374 e. The minimum atomic E-state index is 0.391. The molecule has 0 unspecified atom stereocenters. The van der Waals surface area contributed by atoms with E-state index in [1.807, 2.05) is 18.2 Å². The van der Waals surface area contributed by atoms with Crippen LogP contribution in [0.25, 0.3) is 0 Å². The fourth-order valence-electron chi connectivity index (χ4n) is 3.72. The molecule has 1 aliphatic carbocycles. The molecule has 0 heterocycles. The largest absolute Gasteiger partial charge is 0.374 e.